The zero-order valence-electron chi connectivity index (χ0n) is 15.1. The van der Waals surface area contributed by atoms with Crippen molar-refractivity contribution in [2.75, 3.05) is 7.05 Å². The first-order chi connectivity index (χ1) is 12.7. The molecule has 2 aliphatic carbocycles. The highest BCUT2D eigenvalue weighted by Crippen LogP contribution is 2.18. The first kappa shape index (κ1) is 19.8. The number of aryl methyl sites for hydroxylation is 1. The predicted molar refractivity (Wildman–Crippen MR) is 105 cm³/mol. The van der Waals surface area contributed by atoms with Crippen molar-refractivity contribution in [2.24, 2.45) is 0 Å². The number of benzene rings is 3. The van der Waals surface area contributed by atoms with Crippen molar-refractivity contribution >= 4 is 0 Å². The van der Waals surface area contributed by atoms with E-state index in [1.165, 1.54) is 28.6 Å². The lowest BCUT2D eigenvalue weighted by molar-refractivity contribution is 0.164. The molecule has 2 aromatic carbocycles. The van der Waals surface area contributed by atoms with Crippen LogP contribution in [0.2, 0.25) is 0 Å². The number of hydrogen-bond acceptors (Lipinski definition) is 2. The summed E-state index contributed by atoms with van der Waals surface area (Å²) in [6.45, 7) is 0. The molecule has 0 aromatic heterocycles. The summed E-state index contributed by atoms with van der Waals surface area (Å²) in [7, 11) is 1.21. The van der Waals surface area contributed by atoms with Gasteiger partial charge in [-0.1, -0.05) is 84.9 Å². The van der Waals surface area contributed by atoms with Gasteiger partial charge in [0.05, 0.1) is 6.10 Å². The molecule has 4 rings (SSSR count). The van der Waals surface area contributed by atoms with Crippen molar-refractivity contribution < 1.29 is 9.59 Å². The molecule has 0 heterocycles. The fourth-order valence-corrected chi connectivity index (χ4v) is 2.65. The quantitative estimate of drug-likeness (QED) is 0.489. The summed E-state index contributed by atoms with van der Waals surface area (Å²) in [5.74, 6) is 0. The molecule has 0 amide bonds. The van der Waals surface area contributed by atoms with Crippen molar-refractivity contribution in [3.8, 4) is 0 Å². The van der Waals surface area contributed by atoms with Gasteiger partial charge in [0.1, 0.15) is 0 Å². The highest BCUT2D eigenvalue weighted by Gasteiger charge is 2.06. The van der Waals surface area contributed by atoms with Crippen LogP contribution in [0, 0.1) is 10.4 Å². The van der Waals surface area contributed by atoms with Crippen molar-refractivity contribution in [3.05, 3.63) is 106 Å². The molecule has 2 N–H and O–H groups in total. The first-order valence-corrected chi connectivity index (χ1v) is 8.89. The van der Waals surface area contributed by atoms with E-state index in [0.717, 1.165) is 24.8 Å². The van der Waals surface area contributed by atoms with Gasteiger partial charge in [0.25, 0.3) is 0 Å². The van der Waals surface area contributed by atoms with Gasteiger partial charge in [-0.25, -0.2) is 0 Å². The van der Waals surface area contributed by atoms with Gasteiger partial charge in [0.2, 0.25) is 0 Å². The van der Waals surface area contributed by atoms with Gasteiger partial charge in [-0.2, -0.15) is 5.54 Å². The Morgan fingerprint density at radius 3 is 1.69 bits per heavy atom. The van der Waals surface area contributed by atoms with E-state index in [0.29, 0.717) is 0 Å². The first-order valence-electron chi connectivity index (χ1n) is 8.89. The molecule has 0 fully saturated rings. The Bertz CT molecular complexity index is 787. The van der Waals surface area contributed by atoms with Crippen LogP contribution in [0.5, 0.6) is 0 Å². The molecule has 0 saturated carbocycles. The molecule has 0 saturated heterocycles. The van der Waals surface area contributed by atoms with E-state index >= 15 is 0 Å². The maximum atomic E-state index is 10.0. The number of halogens is 1. The molecule has 136 valence electrons. The van der Waals surface area contributed by atoms with Crippen LogP contribution in [0.25, 0.3) is 0 Å². The Labute approximate surface area is 154 Å². The Morgan fingerprint density at radius 2 is 1.27 bits per heavy atom. The van der Waals surface area contributed by atoms with Crippen LogP contribution >= 0.6 is 0 Å². The SMILES string of the molecule is CNF.OC(CCCc1ccccc1)c1ccccc1.c1cc2ccc1=2. The van der Waals surface area contributed by atoms with Crippen LogP contribution in [0.15, 0.2) is 84.9 Å². The summed E-state index contributed by atoms with van der Waals surface area (Å²) in [6.07, 6.45) is 2.53. The molecule has 0 aliphatic heterocycles. The van der Waals surface area contributed by atoms with E-state index in [-0.39, 0.29) is 6.10 Å². The normalized spacial score (nSPS) is 11.3. The zero-order chi connectivity index (χ0) is 18.6. The van der Waals surface area contributed by atoms with Gasteiger partial charge < -0.3 is 5.11 Å². The molecule has 2 aliphatic rings. The van der Waals surface area contributed by atoms with Gasteiger partial charge in [-0.3, -0.25) is 0 Å². The maximum Gasteiger partial charge on any atom is 0.0790 e. The lowest BCUT2D eigenvalue weighted by Gasteiger charge is -2.10. The fraction of sp³-hybridized carbons (Fsp3) is 0.217. The highest BCUT2D eigenvalue weighted by atomic mass is 19.2. The van der Waals surface area contributed by atoms with Crippen molar-refractivity contribution in [2.45, 2.75) is 25.4 Å². The Balaban J connectivity index is 0.000000219. The van der Waals surface area contributed by atoms with Gasteiger partial charge in [0.15, 0.2) is 0 Å². The van der Waals surface area contributed by atoms with Gasteiger partial charge in [-0.05, 0) is 40.8 Å². The second kappa shape index (κ2) is 11.2. The molecule has 0 bridgehead atoms. The Hall–Kier alpha value is -2.49. The van der Waals surface area contributed by atoms with Crippen LogP contribution in [0.1, 0.15) is 30.1 Å². The van der Waals surface area contributed by atoms with Crippen LogP contribution in [0.3, 0.4) is 0 Å². The Morgan fingerprint density at radius 1 is 0.808 bits per heavy atom. The zero-order valence-corrected chi connectivity index (χ0v) is 15.1. The molecular formula is C23H26FNO. The number of rotatable bonds is 5. The van der Waals surface area contributed by atoms with E-state index in [2.05, 4.69) is 48.5 Å². The molecule has 1 unspecified atom stereocenters. The number of aliphatic hydroxyl groups is 1. The molecule has 26 heavy (non-hydrogen) atoms. The summed E-state index contributed by atoms with van der Waals surface area (Å²) in [5.41, 5.74) is 3.60. The second-order valence-electron chi connectivity index (χ2n) is 6.07. The van der Waals surface area contributed by atoms with Gasteiger partial charge in [0, 0.05) is 7.05 Å². The van der Waals surface area contributed by atoms with E-state index < -0.39 is 0 Å². The van der Waals surface area contributed by atoms with Crippen LogP contribution in [-0.4, -0.2) is 12.2 Å². The topological polar surface area (TPSA) is 32.3 Å². The lowest BCUT2D eigenvalue weighted by Crippen LogP contribution is -1.98. The fourth-order valence-electron chi connectivity index (χ4n) is 2.65. The maximum absolute atomic E-state index is 10.0. The third-order valence-corrected chi connectivity index (χ3v) is 4.19. The average Bonchev–Trinajstić information content (AvgIpc) is 2.67. The molecule has 2 nitrogen and oxygen atoms in total. The molecule has 0 spiro atoms. The largest absolute Gasteiger partial charge is 0.388 e. The van der Waals surface area contributed by atoms with Crippen molar-refractivity contribution in [1.29, 1.82) is 0 Å². The van der Waals surface area contributed by atoms with Crippen LogP contribution in [-0.2, 0) is 6.42 Å². The summed E-state index contributed by atoms with van der Waals surface area (Å²) >= 11 is 0. The smallest absolute Gasteiger partial charge is 0.0790 e. The minimum absolute atomic E-state index is 0.333. The van der Waals surface area contributed by atoms with E-state index in [1.807, 2.05) is 36.4 Å². The molecular weight excluding hydrogens is 325 g/mol. The second-order valence-corrected chi connectivity index (χ2v) is 6.07. The highest BCUT2D eigenvalue weighted by molar-refractivity contribution is 5.22. The molecule has 3 heteroatoms. The van der Waals surface area contributed by atoms with Gasteiger partial charge >= 0.3 is 0 Å². The molecule has 2 aromatic rings. The number of hydrogen-bond donors (Lipinski definition) is 2. The Kier molecular flexibility index (Phi) is 8.53. The average molecular weight is 351 g/mol. The monoisotopic (exact) mass is 351 g/mol. The minimum atomic E-state index is -0.333. The standard InChI is InChI=1S/C16H18O.C6H4.CH4FN/c17-16(15-11-5-2-6-12-15)13-7-10-14-8-3-1-4-9-14;1-2-6-4-3-5(1)6;1-3-2/h1-6,8-9,11-12,16-17H,7,10,13H2;1-4H;3H,1H3. The van der Waals surface area contributed by atoms with Crippen molar-refractivity contribution in [1.82, 2.24) is 5.54 Å². The summed E-state index contributed by atoms with van der Waals surface area (Å²) in [4.78, 5) is 0. The summed E-state index contributed by atoms with van der Waals surface area (Å²) in [5, 5.41) is 12.9. The van der Waals surface area contributed by atoms with E-state index in [4.69, 9.17) is 0 Å². The third kappa shape index (κ3) is 6.43. The number of nitrogens with one attached hydrogen (secondary N) is 1. The van der Waals surface area contributed by atoms with E-state index in [9.17, 15) is 9.59 Å². The number of aliphatic hydroxyl groups excluding tert-OH is 1. The van der Waals surface area contributed by atoms with Crippen LogP contribution < -0.4 is 5.54 Å². The molecule has 0 radical (unpaired) electrons. The van der Waals surface area contributed by atoms with Gasteiger partial charge in [-0.15, -0.1) is 4.48 Å². The lowest BCUT2D eigenvalue weighted by atomic mass is 10.0. The van der Waals surface area contributed by atoms with E-state index in [1.54, 1.807) is 0 Å². The summed E-state index contributed by atoms with van der Waals surface area (Å²) < 4.78 is 10.0. The minimum Gasteiger partial charge on any atom is -0.388 e. The summed E-state index contributed by atoms with van der Waals surface area (Å²) in [6, 6.07) is 28.8. The molecule has 1 atom stereocenters. The van der Waals surface area contributed by atoms with Crippen LogP contribution in [0.4, 0.5) is 4.48 Å². The predicted octanol–water partition coefficient (Wildman–Crippen LogP) is 5.12. The third-order valence-electron chi connectivity index (χ3n) is 4.19. The van der Waals surface area contributed by atoms with Crippen molar-refractivity contribution in [3.63, 3.8) is 0 Å².